The Bertz CT molecular complexity index is 555. The van der Waals surface area contributed by atoms with E-state index >= 15 is 0 Å². The molecule has 3 aromatic heterocycles. The number of rotatable bonds is 1. The highest BCUT2D eigenvalue weighted by atomic mass is 16.3. The molecule has 5 nitrogen and oxygen atoms in total. The van der Waals surface area contributed by atoms with E-state index in [0.29, 0.717) is 5.88 Å². The third-order valence-corrected chi connectivity index (χ3v) is 1.96. The van der Waals surface area contributed by atoms with E-state index in [1.807, 2.05) is 18.2 Å². The topological polar surface area (TPSA) is 56.7 Å². The average Bonchev–Trinajstić information content (AvgIpc) is 2.85. The van der Waals surface area contributed by atoms with Crippen molar-refractivity contribution < 1.29 is 4.42 Å². The molecular weight excluding hydrogens is 180 g/mol. The van der Waals surface area contributed by atoms with Crippen LogP contribution in [-0.4, -0.2) is 20.0 Å². The molecule has 68 valence electrons. The number of nitrogens with zero attached hydrogens (tertiary/aromatic N) is 4. The fourth-order valence-corrected chi connectivity index (χ4v) is 1.33. The van der Waals surface area contributed by atoms with E-state index in [4.69, 9.17) is 4.42 Å². The number of fused-ring (bicyclic) bond motifs is 1. The third-order valence-electron chi connectivity index (χ3n) is 1.96. The highest BCUT2D eigenvalue weighted by Crippen LogP contribution is 2.14. The first-order valence-electron chi connectivity index (χ1n) is 4.14. The van der Waals surface area contributed by atoms with Gasteiger partial charge in [-0.05, 0) is 12.1 Å². The molecule has 0 atom stereocenters. The van der Waals surface area contributed by atoms with E-state index in [0.717, 1.165) is 11.0 Å². The Hall–Kier alpha value is -2.17. The van der Waals surface area contributed by atoms with Crippen molar-refractivity contribution in [3.8, 4) is 5.88 Å². The zero-order valence-corrected chi connectivity index (χ0v) is 7.16. The lowest BCUT2D eigenvalue weighted by Gasteiger charge is -1.94. The van der Waals surface area contributed by atoms with E-state index in [9.17, 15) is 0 Å². The Kier molecular flexibility index (Phi) is 1.38. The van der Waals surface area contributed by atoms with Crippen LogP contribution >= 0.6 is 0 Å². The second-order valence-electron chi connectivity index (χ2n) is 2.82. The molecular formula is C9H6N4O. The minimum Gasteiger partial charge on any atom is -0.447 e. The summed E-state index contributed by atoms with van der Waals surface area (Å²) in [4.78, 5) is 3.96. The maximum atomic E-state index is 5.23. The standard InChI is InChI=1S/C9H6N4O/c1-2-9(14-5-1)13-8-3-4-10-6-7(8)11-12-13/h1-6H. The van der Waals surface area contributed by atoms with Crippen LogP contribution in [0.25, 0.3) is 16.9 Å². The van der Waals surface area contributed by atoms with E-state index in [2.05, 4.69) is 15.3 Å². The van der Waals surface area contributed by atoms with Crippen LogP contribution in [0, 0.1) is 0 Å². The normalized spacial score (nSPS) is 10.9. The number of pyridine rings is 1. The Morgan fingerprint density at radius 2 is 2.29 bits per heavy atom. The van der Waals surface area contributed by atoms with Gasteiger partial charge in [0.25, 0.3) is 0 Å². The van der Waals surface area contributed by atoms with Crippen LogP contribution in [0.5, 0.6) is 0 Å². The van der Waals surface area contributed by atoms with Gasteiger partial charge in [0.05, 0.1) is 12.5 Å². The van der Waals surface area contributed by atoms with Gasteiger partial charge >= 0.3 is 0 Å². The molecule has 0 fully saturated rings. The second-order valence-corrected chi connectivity index (χ2v) is 2.82. The van der Waals surface area contributed by atoms with Gasteiger partial charge in [0.2, 0.25) is 5.88 Å². The summed E-state index contributed by atoms with van der Waals surface area (Å²) in [6.45, 7) is 0. The average molecular weight is 186 g/mol. The van der Waals surface area contributed by atoms with E-state index in [1.54, 1.807) is 23.3 Å². The van der Waals surface area contributed by atoms with Crippen LogP contribution in [-0.2, 0) is 0 Å². The molecule has 0 aliphatic rings. The molecule has 0 saturated heterocycles. The molecule has 14 heavy (non-hydrogen) atoms. The molecule has 0 saturated carbocycles. The summed E-state index contributed by atoms with van der Waals surface area (Å²) >= 11 is 0. The summed E-state index contributed by atoms with van der Waals surface area (Å²) in [5, 5.41) is 7.94. The van der Waals surface area contributed by atoms with Crippen LogP contribution in [0.15, 0.2) is 41.3 Å². The molecule has 0 amide bonds. The van der Waals surface area contributed by atoms with Gasteiger partial charge in [0, 0.05) is 12.3 Å². The van der Waals surface area contributed by atoms with Crippen molar-refractivity contribution in [3.63, 3.8) is 0 Å². The molecule has 3 heterocycles. The molecule has 0 aliphatic carbocycles. The largest absolute Gasteiger partial charge is 0.447 e. The monoisotopic (exact) mass is 186 g/mol. The van der Waals surface area contributed by atoms with Crippen molar-refractivity contribution in [3.05, 3.63) is 36.9 Å². The van der Waals surface area contributed by atoms with Gasteiger partial charge in [-0.2, -0.15) is 4.68 Å². The van der Waals surface area contributed by atoms with Crippen molar-refractivity contribution in [1.29, 1.82) is 0 Å². The van der Waals surface area contributed by atoms with Crippen LogP contribution in [0.4, 0.5) is 0 Å². The number of furan rings is 1. The third kappa shape index (κ3) is 0.922. The number of hydrogen-bond donors (Lipinski definition) is 0. The fourth-order valence-electron chi connectivity index (χ4n) is 1.33. The minimum atomic E-state index is 0.652. The molecule has 0 aromatic carbocycles. The van der Waals surface area contributed by atoms with Gasteiger partial charge in [0.1, 0.15) is 11.0 Å². The van der Waals surface area contributed by atoms with Crippen LogP contribution in [0.3, 0.4) is 0 Å². The van der Waals surface area contributed by atoms with E-state index < -0.39 is 0 Å². The maximum Gasteiger partial charge on any atom is 0.221 e. The van der Waals surface area contributed by atoms with Gasteiger partial charge in [-0.15, -0.1) is 5.10 Å². The van der Waals surface area contributed by atoms with Crippen LogP contribution < -0.4 is 0 Å². The van der Waals surface area contributed by atoms with Gasteiger partial charge in [-0.3, -0.25) is 4.98 Å². The molecule has 3 rings (SSSR count). The first-order valence-corrected chi connectivity index (χ1v) is 4.14. The molecule has 0 bridgehead atoms. The molecule has 0 aliphatic heterocycles. The van der Waals surface area contributed by atoms with Gasteiger partial charge in [-0.1, -0.05) is 5.21 Å². The predicted molar refractivity (Wildman–Crippen MR) is 48.9 cm³/mol. The smallest absolute Gasteiger partial charge is 0.221 e. The molecule has 5 heteroatoms. The first-order chi connectivity index (χ1) is 6.95. The van der Waals surface area contributed by atoms with Crippen molar-refractivity contribution in [2.24, 2.45) is 0 Å². The first kappa shape index (κ1) is 7.25. The Morgan fingerprint density at radius 3 is 3.14 bits per heavy atom. The van der Waals surface area contributed by atoms with Gasteiger partial charge in [-0.25, -0.2) is 0 Å². The second kappa shape index (κ2) is 2.66. The summed E-state index contributed by atoms with van der Waals surface area (Å²) in [6, 6.07) is 5.48. The van der Waals surface area contributed by atoms with Crippen molar-refractivity contribution >= 4 is 11.0 Å². The Balaban J connectivity index is 2.33. The number of hydrogen-bond acceptors (Lipinski definition) is 4. The molecule has 0 spiro atoms. The molecule has 0 N–H and O–H groups in total. The van der Waals surface area contributed by atoms with E-state index in [1.165, 1.54) is 0 Å². The summed E-state index contributed by atoms with van der Waals surface area (Å²) in [5.41, 5.74) is 1.64. The zero-order valence-electron chi connectivity index (χ0n) is 7.16. The lowest BCUT2D eigenvalue weighted by Crippen LogP contribution is -1.93. The highest BCUT2D eigenvalue weighted by molar-refractivity contribution is 5.74. The predicted octanol–water partition coefficient (Wildman–Crippen LogP) is 1.41. The SMILES string of the molecule is c1coc(-n2nnc3cnccc32)c1. The van der Waals surface area contributed by atoms with Gasteiger partial charge in [0.15, 0.2) is 0 Å². The van der Waals surface area contributed by atoms with E-state index in [-0.39, 0.29) is 0 Å². The lowest BCUT2D eigenvalue weighted by molar-refractivity contribution is 0.522. The summed E-state index contributed by atoms with van der Waals surface area (Å²) in [6.07, 6.45) is 4.97. The maximum absolute atomic E-state index is 5.23. The summed E-state index contributed by atoms with van der Waals surface area (Å²) in [7, 11) is 0. The van der Waals surface area contributed by atoms with Gasteiger partial charge < -0.3 is 4.42 Å². The number of aromatic nitrogens is 4. The molecule has 0 radical (unpaired) electrons. The Labute approximate surface area is 79.0 Å². The van der Waals surface area contributed by atoms with Crippen LogP contribution in [0.2, 0.25) is 0 Å². The van der Waals surface area contributed by atoms with Crippen LogP contribution in [0.1, 0.15) is 0 Å². The summed E-state index contributed by atoms with van der Waals surface area (Å²) < 4.78 is 6.86. The zero-order chi connectivity index (χ0) is 9.38. The quantitative estimate of drug-likeness (QED) is 0.576. The Morgan fingerprint density at radius 1 is 1.29 bits per heavy atom. The fraction of sp³-hybridized carbons (Fsp3) is 0. The lowest BCUT2D eigenvalue weighted by atomic mass is 10.4. The van der Waals surface area contributed by atoms with Crippen molar-refractivity contribution in [1.82, 2.24) is 20.0 Å². The highest BCUT2D eigenvalue weighted by Gasteiger charge is 2.06. The molecule has 0 unspecified atom stereocenters. The van der Waals surface area contributed by atoms with Crippen molar-refractivity contribution in [2.45, 2.75) is 0 Å². The molecule has 3 aromatic rings. The summed E-state index contributed by atoms with van der Waals surface area (Å²) in [5.74, 6) is 0.652. The minimum absolute atomic E-state index is 0.652. The van der Waals surface area contributed by atoms with Crippen molar-refractivity contribution in [2.75, 3.05) is 0 Å².